The lowest BCUT2D eigenvalue weighted by atomic mass is 10.1. The molecule has 0 bridgehead atoms. The Bertz CT molecular complexity index is 998. The molecule has 0 saturated carbocycles. The largest absolute Gasteiger partial charge is 0.504 e. The second kappa shape index (κ2) is 5.48. The number of hydrogen-bond acceptors (Lipinski definition) is 7. The number of hydrogen-bond donors (Lipinski definition) is 4. The van der Waals surface area contributed by atoms with Gasteiger partial charge in [-0.05, 0) is 24.3 Å². The van der Waals surface area contributed by atoms with E-state index < -0.39 is 17.2 Å². The van der Waals surface area contributed by atoms with Crippen molar-refractivity contribution >= 4 is 5.91 Å². The van der Waals surface area contributed by atoms with Crippen molar-refractivity contribution < 1.29 is 20.1 Å². The fourth-order valence-corrected chi connectivity index (χ4v) is 2.64. The SMILES string of the molecule is O=C1NCCn2nc(-c3ccnc(-c4ccc(O)c(O)c4O)n3)cc21. The first-order valence-electron chi connectivity index (χ1n) is 7.48. The molecule has 1 aromatic carbocycles. The molecule has 2 aromatic heterocycles. The molecular weight excluding hydrogens is 326 g/mol. The lowest BCUT2D eigenvalue weighted by Crippen LogP contribution is -2.35. The number of phenols is 3. The van der Waals surface area contributed by atoms with E-state index in [0.717, 1.165) is 0 Å². The molecular formula is C16H13N5O4. The highest BCUT2D eigenvalue weighted by atomic mass is 16.3. The first kappa shape index (κ1) is 14.9. The summed E-state index contributed by atoms with van der Waals surface area (Å²) in [7, 11) is 0. The Labute approximate surface area is 141 Å². The van der Waals surface area contributed by atoms with Gasteiger partial charge in [0.2, 0.25) is 5.75 Å². The Morgan fingerprint density at radius 3 is 2.72 bits per heavy atom. The van der Waals surface area contributed by atoms with Gasteiger partial charge >= 0.3 is 0 Å². The maximum atomic E-state index is 11.8. The predicted octanol–water partition coefficient (Wildman–Crippen LogP) is 0.867. The van der Waals surface area contributed by atoms with Crippen LogP contribution in [0, 0.1) is 0 Å². The third-order valence-electron chi connectivity index (χ3n) is 3.91. The lowest BCUT2D eigenvalue weighted by molar-refractivity contribution is 0.0924. The third-order valence-corrected chi connectivity index (χ3v) is 3.91. The molecule has 0 radical (unpaired) electrons. The molecule has 4 rings (SSSR count). The summed E-state index contributed by atoms with van der Waals surface area (Å²) in [6.07, 6.45) is 1.49. The number of nitrogens with zero attached hydrogens (tertiary/aromatic N) is 4. The molecule has 25 heavy (non-hydrogen) atoms. The molecule has 4 N–H and O–H groups in total. The molecule has 1 aliphatic heterocycles. The number of carbonyl (C=O) groups is 1. The minimum absolute atomic E-state index is 0.153. The van der Waals surface area contributed by atoms with Crippen molar-refractivity contribution in [2.45, 2.75) is 6.54 Å². The van der Waals surface area contributed by atoms with Crippen LogP contribution in [-0.2, 0) is 6.54 Å². The first-order chi connectivity index (χ1) is 12.0. The van der Waals surface area contributed by atoms with Gasteiger partial charge in [0, 0.05) is 12.7 Å². The summed E-state index contributed by atoms with van der Waals surface area (Å²) < 4.78 is 1.61. The van der Waals surface area contributed by atoms with Crippen LogP contribution < -0.4 is 5.32 Å². The fourth-order valence-electron chi connectivity index (χ4n) is 2.64. The topological polar surface area (TPSA) is 133 Å². The average Bonchev–Trinajstić information content (AvgIpc) is 3.06. The number of fused-ring (bicyclic) bond motifs is 1. The zero-order valence-electron chi connectivity index (χ0n) is 12.8. The van der Waals surface area contributed by atoms with E-state index in [1.165, 1.54) is 18.3 Å². The van der Waals surface area contributed by atoms with E-state index in [-0.39, 0.29) is 17.3 Å². The monoisotopic (exact) mass is 339 g/mol. The molecule has 1 amide bonds. The van der Waals surface area contributed by atoms with Crippen LogP contribution in [0.2, 0.25) is 0 Å². The van der Waals surface area contributed by atoms with Crippen molar-refractivity contribution in [1.82, 2.24) is 25.1 Å². The summed E-state index contributed by atoms with van der Waals surface area (Å²) in [5, 5.41) is 36.2. The van der Waals surface area contributed by atoms with Crippen LogP contribution in [0.15, 0.2) is 30.5 Å². The number of phenolic OH excluding ortho intramolecular Hbond substituents is 3. The maximum absolute atomic E-state index is 11.8. The van der Waals surface area contributed by atoms with E-state index in [4.69, 9.17) is 0 Å². The zero-order valence-corrected chi connectivity index (χ0v) is 12.8. The molecule has 0 spiro atoms. The Kier molecular flexibility index (Phi) is 3.27. The second-order valence-electron chi connectivity index (χ2n) is 5.49. The average molecular weight is 339 g/mol. The van der Waals surface area contributed by atoms with Crippen molar-refractivity contribution in [1.29, 1.82) is 0 Å². The van der Waals surface area contributed by atoms with E-state index in [2.05, 4.69) is 20.4 Å². The summed E-state index contributed by atoms with van der Waals surface area (Å²) in [6, 6.07) is 5.90. The summed E-state index contributed by atoms with van der Waals surface area (Å²) in [6.45, 7) is 1.09. The summed E-state index contributed by atoms with van der Waals surface area (Å²) in [4.78, 5) is 20.3. The number of rotatable bonds is 2. The van der Waals surface area contributed by atoms with Crippen LogP contribution >= 0.6 is 0 Å². The summed E-state index contributed by atoms with van der Waals surface area (Å²) in [5.74, 6) is -1.63. The normalized spacial score (nSPS) is 13.4. The summed E-state index contributed by atoms with van der Waals surface area (Å²) in [5.41, 5.74) is 1.58. The van der Waals surface area contributed by atoms with Gasteiger partial charge in [0.15, 0.2) is 17.3 Å². The Morgan fingerprint density at radius 2 is 1.92 bits per heavy atom. The molecule has 0 unspecified atom stereocenters. The minimum Gasteiger partial charge on any atom is -0.504 e. The highest BCUT2D eigenvalue weighted by Gasteiger charge is 2.21. The first-order valence-corrected chi connectivity index (χ1v) is 7.48. The van der Waals surface area contributed by atoms with Gasteiger partial charge in [-0.3, -0.25) is 9.48 Å². The number of nitrogens with one attached hydrogen (secondary N) is 1. The Morgan fingerprint density at radius 1 is 1.08 bits per heavy atom. The molecule has 0 saturated heterocycles. The Balaban J connectivity index is 1.78. The smallest absolute Gasteiger partial charge is 0.269 e. The van der Waals surface area contributed by atoms with Gasteiger partial charge in [-0.15, -0.1) is 0 Å². The molecule has 126 valence electrons. The third kappa shape index (κ3) is 2.42. The standard InChI is InChI=1S/C16H13N5O4/c22-12-2-1-8(13(23)14(12)24)15-17-4-3-9(19-15)10-7-11-16(25)18-5-6-21(11)20-10/h1-4,7,22-24H,5-6H2,(H,18,25). The van der Waals surface area contributed by atoms with Gasteiger partial charge in [-0.1, -0.05) is 0 Å². The van der Waals surface area contributed by atoms with Gasteiger partial charge in [-0.25, -0.2) is 9.97 Å². The molecule has 3 aromatic rings. The van der Waals surface area contributed by atoms with Gasteiger partial charge < -0.3 is 20.6 Å². The molecule has 9 nitrogen and oxygen atoms in total. The highest BCUT2D eigenvalue weighted by Crippen LogP contribution is 2.41. The number of aromatic nitrogens is 4. The minimum atomic E-state index is -0.638. The van der Waals surface area contributed by atoms with Crippen molar-refractivity contribution in [2.24, 2.45) is 0 Å². The maximum Gasteiger partial charge on any atom is 0.269 e. The van der Waals surface area contributed by atoms with Crippen molar-refractivity contribution in [3.05, 3.63) is 36.2 Å². The number of carbonyl (C=O) groups excluding carboxylic acids is 1. The van der Waals surface area contributed by atoms with Gasteiger partial charge in [0.1, 0.15) is 11.4 Å². The molecule has 0 fully saturated rings. The van der Waals surface area contributed by atoms with Gasteiger partial charge in [0.05, 0.1) is 17.8 Å². The van der Waals surface area contributed by atoms with E-state index >= 15 is 0 Å². The molecule has 3 heterocycles. The summed E-state index contributed by atoms with van der Waals surface area (Å²) >= 11 is 0. The zero-order chi connectivity index (χ0) is 17.6. The second-order valence-corrected chi connectivity index (χ2v) is 5.49. The number of aromatic hydroxyl groups is 3. The highest BCUT2D eigenvalue weighted by molar-refractivity contribution is 5.94. The predicted molar refractivity (Wildman–Crippen MR) is 86.0 cm³/mol. The lowest BCUT2D eigenvalue weighted by Gasteiger charge is -2.13. The van der Waals surface area contributed by atoms with Crippen LogP contribution in [0.1, 0.15) is 10.5 Å². The number of amides is 1. The fraction of sp³-hybridized carbons (Fsp3) is 0.125. The van der Waals surface area contributed by atoms with Crippen molar-refractivity contribution in [2.75, 3.05) is 6.54 Å². The van der Waals surface area contributed by atoms with Gasteiger partial charge in [-0.2, -0.15) is 5.10 Å². The number of benzene rings is 1. The van der Waals surface area contributed by atoms with Crippen LogP contribution in [-0.4, -0.2) is 47.5 Å². The van der Waals surface area contributed by atoms with Gasteiger partial charge in [0.25, 0.3) is 5.91 Å². The molecule has 0 atom stereocenters. The van der Waals surface area contributed by atoms with E-state index in [1.54, 1.807) is 16.8 Å². The van der Waals surface area contributed by atoms with Crippen LogP contribution in [0.4, 0.5) is 0 Å². The van der Waals surface area contributed by atoms with Crippen LogP contribution in [0.25, 0.3) is 22.8 Å². The molecule has 1 aliphatic rings. The van der Waals surface area contributed by atoms with Crippen LogP contribution in [0.3, 0.4) is 0 Å². The molecule has 0 aliphatic carbocycles. The Hall–Kier alpha value is -3.62. The van der Waals surface area contributed by atoms with Crippen LogP contribution in [0.5, 0.6) is 17.2 Å². The van der Waals surface area contributed by atoms with E-state index in [9.17, 15) is 20.1 Å². The van der Waals surface area contributed by atoms with Crippen molar-refractivity contribution in [3.63, 3.8) is 0 Å². The molecule has 9 heteroatoms. The van der Waals surface area contributed by atoms with Crippen molar-refractivity contribution in [3.8, 4) is 40.0 Å². The van der Waals surface area contributed by atoms with E-state index in [1.807, 2.05) is 0 Å². The van der Waals surface area contributed by atoms with E-state index in [0.29, 0.717) is 30.2 Å². The quantitative estimate of drug-likeness (QED) is 0.509.